The third-order valence-corrected chi connectivity index (χ3v) is 5.12. The molecule has 0 aliphatic carbocycles. The van der Waals surface area contributed by atoms with Crippen molar-refractivity contribution in [1.82, 2.24) is 9.80 Å². The van der Waals surface area contributed by atoms with E-state index in [2.05, 4.69) is 22.0 Å². The van der Waals surface area contributed by atoms with Gasteiger partial charge >= 0.3 is 0 Å². The van der Waals surface area contributed by atoms with Crippen LogP contribution >= 0.6 is 0 Å². The molecule has 0 spiro atoms. The van der Waals surface area contributed by atoms with Crippen molar-refractivity contribution in [2.75, 3.05) is 32.7 Å². The van der Waals surface area contributed by atoms with Crippen LogP contribution in [0.2, 0.25) is 0 Å². The van der Waals surface area contributed by atoms with E-state index in [4.69, 9.17) is 0 Å². The first-order chi connectivity index (χ1) is 11.2. The molecule has 2 heterocycles. The molecule has 0 atom stereocenters. The Bertz CT molecular complexity index is 501. The molecule has 1 aromatic rings. The Balaban J connectivity index is 1.40. The molecule has 126 valence electrons. The second kappa shape index (κ2) is 8.04. The van der Waals surface area contributed by atoms with Gasteiger partial charge < -0.3 is 10.0 Å². The highest BCUT2D eigenvalue weighted by atomic mass is 19.1. The molecule has 2 aliphatic rings. The Kier molecular flexibility index (Phi) is 5.81. The number of hydrogen-bond donors (Lipinski definition) is 1. The fourth-order valence-corrected chi connectivity index (χ4v) is 3.63. The van der Waals surface area contributed by atoms with Crippen molar-refractivity contribution in [3.8, 4) is 0 Å². The van der Waals surface area contributed by atoms with E-state index >= 15 is 0 Å². The first-order valence-corrected chi connectivity index (χ1v) is 8.77. The lowest BCUT2D eigenvalue weighted by Crippen LogP contribution is -2.48. The highest BCUT2D eigenvalue weighted by molar-refractivity contribution is 5.48. The summed E-state index contributed by atoms with van der Waals surface area (Å²) in [4.78, 5) is 5.05. The van der Waals surface area contributed by atoms with Crippen LogP contribution in [0.3, 0.4) is 0 Å². The summed E-state index contributed by atoms with van der Waals surface area (Å²) in [6.07, 6.45) is 8.47. The summed E-state index contributed by atoms with van der Waals surface area (Å²) < 4.78 is 12.9. The minimum Gasteiger partial charge on any atom is -0.393 e. The van der Waals surface area contributed by atoms with Gasteiger partial charge in [0.2, 0.25) is 0 Å². The van der Waals surface area contributed by atoms with Crippen LogP contribution in [0.1, 0.15) is 31.2 Å². The number of benzene rings is 1. The normalized spacial score (nSPS) is 22.9. The lowest BCUT2D eigenvalue weighted by molar-refractivity contribution is 0.0402. The van der Waals surface area contributed by atoms with E-state index in [0.717, 1.165) is 51.1 Å². The third-order valence-electron chi connectivity index (χ3n) is 5.12. The molecule has 0 amide bonds. The van der Waals surface area contributed by atoms with E-state index in [9.17, 15) is 9.50 Å². The van der Waals surface area contributed by atoms with Crippen LogP contribution < -0.4 is 0 Å². The lowest BCUT2D eigenvalue weighted by Gasteiger charge is -2.40. The van der Waals surface area contributed by atoms with Crippen molar-refractivity contribution in [1.29, 1.82) is 0 Å². The van der Waals surface area contributed by atoms with Gasteiger partial charge in [0.15, 0.2) is 0 Å². The fraction of sp³-hybridized carbons (Fsp3) is 0.579. The Morgan fingerprint density at radius 3 is 2.30 bits per heavy atom. The molecule has 1 aromatic carbocycles. The predicted octanol–water partition coefficient (Wildman–Crippen LogP) is 2.76. The summed E-state index contributed by atoms with van der Waals surface area (Å²) in [5.41, 5.74) is 1.05. The average Bonchev–Trinajstić information content (AvgIpc) is 2.58. The second-order valence-corrected chi connectivity index (χ2v) is 6.75. The van der Waals surface area contributed by atoms with E-state index in [0.29, 0.717) is 6.04 Å². The van der Waals surface area contributed by atoms with E-state index in [-0.39, 0.29) is 11.9 Å². The van der Waals surface area contributed by atoms with Gasteiger partial charge in [0.25, 0.3) is 0 Å². The zero-order chi connectivity index (χ0) is 16.1. The maximum absolute atomic E-state index is 12.9. The van der Waals surface area contributed by atoms with Crippen molar-refractivity contribution < 1.29 is 9.50 Å². The SMILES string of the molecule is OC1CCN(C2CCN(C/C=C/c3ccc(F)cc3)CC2)CC1. The van der Waals surface area contributed by atoms with Crippen LogP contribution in [0.4, 0.5) is 4.39 Å². The van der Waals surface area contributed by atoms with Crippen LogP contribution in [-0.4, -0.2) is 59.8 Å². The third kappa shape index (κ3) is 4.87. The molecule has 2 saturated heterocycles. The van der Waals surface area contributed by atoms with Gasteiger partial charge in [-0.15, -0.1) is 0 Å². The Labute approximate surface area is 138 Å². The molecule has 4 heteroatoms. The summed E-state index contributed by atoms with van der Waals surface area (Å²) in [6, 6.07) is 7.31. The molecule has 1 N–H and O–H groups in total. The van der Waals surface area contributed by atoms with Crippen LogP contribution in [0.15, 0.2) is 30.3 Å². The van der Waals surface area contributed by atoms with Crippen molar-refractivity contribution >= 4 is 6.08 Å². The van der Waals surface area contributed by atoms with Gasteiger partial charge in [-0.3, -0.25) is 4.90 Å². The highest BCUT2D eigenvalue weighted by Gasteiger charge is 2.27. The van der Waals surface area contributed by atoms with Gasteiger partial charge in [0.1, 0.15) is 5.82 Å². The number of nitrogens with zero attached hydrogens (tertiary/aromatic N) is 2. The number of aliphatic hydroxyl groups is 1. The maximum Gasteiger partial charge on any atom is 0.123 e. The Morgan fingerprint density at radius 2 is 1.65 bits per heavy atom. The van der Waals surface area contributed by atoms with E-state index in [1.807, 2.05) is 12.1 Å². The molecule has 3 rings (SSSR count). The smallest absolute Gasteiger partial charge is 0.123 e. The highest BCUT2D eigenvalue weighted by Crippen LogP contribution is 2.21. The number of rotatable bonds is 4. The van der Waals surface area contributed by atoms with Gasteiger partial charge in [0.05, 0.1) is 6.10 Å². The van der Waals surface area contributed by atoms with E-state index in [1.165, 1.54) is 25.0 Å². The van der Waals surface area contributed by atoms with Crippen molar-refractivity contribution in [3.63, 3.8) is 0 Å². The van der Waals surface area contributed by atoms with Crippen LogP contribution in [0.25, 0.3) is 6.08 Å². The van der Waals surface area contributed by atoms with Gasteiger partial charge in [-0.25, -0.2) is 4.39 Å². The number of likely N-dealkylation sites (tertiary alicyclic amines) is 2. The molecule has 3 nitrogen and oxygen atoms in total. The first-order valence-electron chi connectivity index (χ1n) is 8.77. The molecule has 2 aliphatic heterocycles. The van der Waals surface area contributed by atoms with E-state index in [1.54, 1.807) is 0 Å². The molecule has 23 heavy (non-hydrogen) atoms. The molecule has 0 saturated carbocycles. The van der Waals surface area contributed by atoms with Crippen molar-refractivity contribution in [2.24, 2.45) is 0 Å². The van der Waals surface area contributed by atoms with Gasteiger partial charge in [-0.05, 0) is 56.5 Å². The van der Waals surface area contributed by atoms with Crippen LogP contribution in [0, 0.1) is 5.82 Å². The van der Waals surface area contributed by atoms with Gasteiger partial charge in [0, 0.05) is 25.7 Å². The van der Waals surface area contributed by atoms with Crippen molar-refractivity contribution in [2.45, 2.75) is 37.8 Å². The molecule has 0 aromatic heterocycles. The van der Waals surface area contributed by atoms with Gasteiger partial charge in [-0.1, -0.05) is 24.3 Å². The number of aliphatic hydroxyl groups excluding tert-OH is 1. The lowest BCUT2D eigenvalue weighted by atomic mass is 9.99. The summed E-state index contributed by atoms with van der Waals surface area (Å²) >= 11 is 0. The standard InChI is InChI=1S/C19H27FN2O/c20-17-5-3-16(4-6-17)2-1-11-21-12-7-18(8-13-21)22-14-9-19(23)10-15-22/h1-6,18-19,23H,7-15H2/b2-1+. The molecule has 2 fully saturated rings. The number of halogens is 1. The molecular weight excluding hydrogens is 291 g/mol. The van der Waals surface area contributed by atoms with E-state index < -0.39 is 0 Å². The molecule has 0 radical (unpaired) electrons. The first kappa shape index (κ1) is 16.6. The molecule has 0 unspecified atom stereocenters. The average molecular weight is 318 g/mol. The van der Waals surface area contributed by atoms with Crippen LogP contribution in [0.5, 0.6) is 0 Å². The Hall–Kier alpha value is -1.23. The number of piperidine rings is 2. The maximum atomic E-state index is 12.9. The van der Waals surface area contributed by atoms with Crippen LogP contribution in [-0.2, 0) is 0 Å². The molecular formula is C19H27FN2O. The second-order valence-electron chi connectivity index (χ2n) is 6.75. The predicted molar refractivity (Wildman–Crippen MR) is 91.7 cm³/mol. The number of hydrogen-bond acceptors (Lipinski definition) is 3. The summed E-state index contributed by atoms with van der Waals surface area (Å²) in [6.45, 7) is 5.34. The minimum atomic E-state index is -0.186. The van der Waals surface area contributed by atoms with Crippen molar-refractivity contribution in [3.05, 3.63) is 41.7 Å². The summed E-state index contributed by atoms with van der Waals surface area (Å²) in [5.74, 6) is -0.186. The van der Waals surface area contributed by atoms with Gasteiger partial charge in [-0.2, -0.15) is 0 Å². The zero-order valence-electron chi connectivity index (χ0n) is 13.7. The fourth-order valence-electron chi connectivity index (χ4n) is 3.63. The minimum absolute atomic E-state index is 0.0806. The summed E-state index contributed by atoms with van der Waals surface area (Å²) in [5, 5.41) is 9.61. The Morgan fingerprint density at radius 1 is 1.00 bits per heavy atom. The zero-order valence-corrected chi connectivity index (χ0v) is 13.7. The summed E-state index contributed by atoms with van der Waals surface area (Å²) in [7, 11) is 0. The topological polar surface area (TPSA) is 26.7 Å². The monoisotopic (exact) mass is 318 g/mol. The quantitative estimate of drug-likeness (QED) is 0.925. The largest absolute Gasteiger partial charge is 0.393 e. The molecule has 0 bridgehead atoms.